The number of quaternary nitrogens is 1. The molecule has 0 unspecified atom stereocenters. The molecule has 0 N–H and O–H groups in total. The van der Waals surface area contributed by atoms with Crippen molar-refractivity contribution in [2.75, 3.05) is 27.7 Å². The van der Waals surface area contributed by atoms with Crippen molar-refractivity contribution in [2.45, 2.75) is 82.6 Å². The average Bonchev–Trinajstić information content (AvgIpc) is 2.78. The van der Waals surface area contributed by atoms with E-state index in [4.69, 9.17) is 4.18 Å². The third kappa shape index (κ3) is 15.7. The zero-order chi connectivity index (χ0) is 24.4. The van der Waals surface area contributed by atoms with Crippen LogP contribution in [0.15, 0.2) is 65.6 Å². The topological polar surface area (TPSA) is 43.4 Å². The predicted octanol–water partition coefficient (Wildman–Crippen LogP) is 7.21. The van der Waals surface area contributed by atoms with Crippen molar-refractivity contribution in [3.05, 3.63) is 66.2 Å². The molecule has 0 aromatic heterocycles. The molecule has 0 aliphatic rings. The second-order valence-electron chi connectivity index (χ2n) is 9.71. The molecular weight excluding hydrogens is 430 g/mol. The van der Waals surface area contributed by atoms with E-state index in [0.717, 1.165) is 23.9 Å². The summed E-state index contributed by atoms with van der Waals surface area (Å²) >= 11 is 0. The van der Waals surface area contributed by atoms with Crippen LogP contribution >= 0.6 is 0 Å². The fourth-order valence-electron chi connectivity index (χ4n) is 3.54. The van der Waals surface area contributed by atoms with E-state index in [2.05, 4.69) is 58.4 Å². The molecule has 2 rings (SSSR count). The van der Waals surface area contributed by atoms with Crippen molar-refractivity contribution in [2.24, 2.45) is 0 Å². The normalized spacial score (nSPS) is 11.6. The van der Waals surface area contributed by atoms with E-state index in [1.807, 2.05) is 0 Å². The SMILES string of the molecule is CCCCCCCCCCCCOS(=O)(=O)c1ccccc1.C[N+](C)(C)Cc1ccccc1. The molecule has 0 heterocycles. The lowest BCUT2D eigenvalue weighted by molar-refractivity contribution is -0.884. The summed E-state index contributed by atoms with van der Waals surface area (Å²) in [5, 5.41) is 0. The first-order chi connectivity index (χ1) is 15.7. The summed E-state index contributed by atoms with van der Waals surface area (Å²) in [4.78, 5) is 0.238. The second kappa shape index (κ2) is 16.9. The summed E-state index contributed by atoms with van der Waals surface area (Å²) in [5.41, 5.74) is 1.40. The lowest BCUT2D eigenvalue weighted by atomic mass is 10.1. The molecule has 0 spiro atoms. The Morgan fingerprint density at radius 1 is 0.667 bits per heavy atom. The van der Waals surface area contributed by atoms with E-state index in [9.17, 15) is 8.42 Å². The monoisotopic (exact) mass is 476 g/mol. The first kappa shape index (κ1) is 29.3. The van der Waals surface area contributed by atoms with Crippen LogP contribution < -0.4 is 0 Å². The van der Waals surface area contributed by atoms with Crippen LogP contribution in [0.1, 0.15) is 76.7 Å². The second-order valence-corrected chi connectivity index (χ2v) is 11.3. The van der Waals surface area contributed by atoms with Crippen molar-refractivity contribution in [3.8, 4) is 0 Å². The van der Waals surface area contributed by atoms with Crippen LogP contribution in [-0.4, -0.2) is 40.7 Å². The van der Waals surface area contributed by atoms with Gasteiger partial charge in [0.05, 0.1) is 32.6 Å². The van der Waals surface area contributed by atoms with Crippen LogP contribution in [0.3, 0.4) is 0 Å². The molecular formula is C28H46NO3S+. The first-order valence-electron chi connectivity index (χ1n) is 12.5. The third-order valence-corrected chi connectivity index (χ3v) is 6.59. The third-order valence-electron chi connectivity index (χ3n) is 5.27. The van der Waals surface area contributed by atoms with Gasteiger partial charge in [-0.3, -0.25) is 4.18 Å². The number of benzene rings is 2. The summed E-state index contributed by atoms with van der Waals surface area (Å²) in [7, 11) is 3.03. The van der Waals surface area contributed by atoms with Crippen LogP contribution in [0.4, 0.5) is 0 Å². The van der Waals surface area contributed by atoms with Gasteiger partial charge >= 0.3 is 0 Å². The van der Waals surface area contributed by atoms with Gasteiger partial charge in [-0.2, -0.15) is 8.42 Å². The van der Waals surface area contributed by atoms with Crippen molar-refractivity contribution in [1.29, 1.82) is 0 Å². The Bertz CT molecular complexity index is 815. The highest BCUT2D eigenvalue weighted by atomic mass is 32.2. The summed E-state index contributed by atoms with van der Waals surface area (Å²) in [6, 6.07) is 18.9. The van der Waals surface area contributed by atoms with Gasteiger partial charge in [0.1, 0.15) is 6.54 Å². The van der Waals surface area contributed by atoms with Gasteiger partial charge in [0.25, 0.3) is 10.1 Å². The van der Waals surface area contributed by atoms with E-state index in [1.165, 1.54) is 56.9 Å². The molecule has 0 amide bonds. The predicted molar refractivity (Wildman–Crippen MR) is 140 cm³/mol. The van der Waals surface area contributed by atoms with Gasteiger partial charge in [0, 0.05) is 5.56 Å². The maximum Gasteiger partial charge on any atom is 0.296 e. The van der Waals surface area contributed by atoms with Crippen LogP contribution in [0.25, 0.3) is 0 Å². The molecule has 5 heteroatoms. The Morgan fingerprint density at radius 3 is 1.61 bits per heavy atom. The fraction of sp³-hybridized carbons (Fsp3) is 0.571. The van der Waals surface area contributed by atoms with Crippen LogP contribution in [0.2, 0.25) is 0 Å². The lowest BCUT2D eigenvalue weighted by Crippen LogP contribution is -2.33. The highest BCUT2D eigenvalue weighted by molar-refractivity contribution is 7.86. The largest absolute Gasteiger partial charge is 0.327 e. The number of unbranched alkanes of at least 4 members (excludes halogenated alkanes) is 9. The highest BCUT2D eigenvalue weighted by Crippen LogP contribution is 2.14. The molecule has 2 aromatic carbocycles. The van der Waals surface area contributed by atoms with Crippen molar-refractivity contribution < 1.29 is 17.1 Å². The Balaban J connectivity index is 0.000000412. The molecule has 0 saturated carbocycles. The summed E-state index contributed by atoms with van der Waals surface area (Å²) < 4.78 is 29.8. The maximum absolute atomic E-state index is 11.9. The first-order valence-corrected chi connectivity index (χ1v) is 13.9. The van der Waals surface area contributed by atoms with Gasteiger partial charge < -0.3 is 4.48 Å². The van der Waals surface area contributed by atoms with Gasteiger partial charge in [0.2, 0.25) is 0 Å². The summed E-state index contributed by atoms with van der Waals surface area (Å²) in [5.74, 6) is 0. The van der Waals surface area contributed by atoms with E-state index < -0.39 is 10.1 Å². The molecule has 0 bridgehead atoms. The van der Waals surface area contributed by atoms with E-state index in [-0.39, 0.29) is 11.5 Å². The van der Waals surface area contributed by atoms with Crippen LogP contribution in [-0.2, 0) is 20.8 Å². The van der Waals surface area contributed by atoms with Gasteiger partial charge in [-0.25, -0.2) is 0 Å². The van der Waals surface area contributed by atoms with Crippen molar-refractivity contribution >= 4 is 10.1 Å². The maximum atomic E-state index is 11.9. The molecule has 0 aliphatic heterocycles. The molecule has 0 saturated heterocycles. The van der Waals surface area contributed by atoms with Gasteiger partial charge in [-0.15, -0.1) is 0 Å². The molecule has 0 fully saturated rings. The Kier molecular flexibility index (Phi) is 15.0. The standard InChI is InChI=1S/C18H30O3S.C10H16N/c1-2-3-4-5-6-7-8-9-10-14-17-21-22(19,20)18-15-12-11-13-16-18;1-11(2,3)9-10-7-5-4-6-8-10/h11-13,15-16H,2-10,14,17H2,1H3;4-8H,9H2,1-3H3/q;+1. The fourth-order valence-corrected chi connectivity index (χ4v) is 4.51. The van der Waals surface area contributed by atoms with E-state index in [0.29, 0.717) is 0 Å². The minimum absolute atomic E-state index is 0.238. The molecule has 4 nitrogen and oxygen atoms in total. The minimum atomic E-state index is -3.57. The van der Waals surface area contributed by atoms with Crippen molar-refractivity contribution in [3.63, 3.8) is 0 Å². The van der Waals surface area contributed by atoms with Crippen LogP contribution in [0.5, 0.6) is 0 Å². The Labute approximate surface area is 203 Å². The molecule has 186 valence electrons. The number of nitrogens with zero attached hydrogens (tertiary/aromatic N) is 1. The molecule has 0 radical (unpaired) electrons. The zero-order valence-corrected chi connectivity index (χ0v) is 22.2. The number of hydrogen-bond acceptors (Lipinski definition) is 3. The number of hydrogen-bond donors (Lipinski definition) is 0. The Morgan fingerprint density at radius 2 is 1.12 bits per heavy atom. The summed E-state index contributed by atoms with van der Waals surface area (Å²) in [6.07, 6.45) is 12.3. The van der Waals surface area contributed by atoms with Crippen molar-refractivity contribution in [1.82, 2.24) is 0 Å². The van der Waals surface area contributed by atoms with Crippen LogP contribution in [0, 0.1) is 0 Å². The van der Waals surface area contributed by atoms with Gasteiger partial charge in [0.15, 0.2) is 0 Å². The Hall–Kier alpha value is -1.69. The zero-order valence-electron chi connectivity index (χ0n) is 21.3. The molecule has 0 atom stereocenters. The highest BCUT2D eigenvalue weighted by Gasteiger charge is 2.13. The lowest BCUT2D eigenvalue weighted by Gasteiger charge is -2.23. The quantitative estimate of drug-likeness (QED) is 0.155. The van der Waals surface area contributed by atoms with Gasteiger partial charge in [-0.1, -0.05) is 113 Å². The van der Waals surface area contributed by atoms with E-state index >= 15 is 0 Å². The van der Waals surface area contributed by atoms with Gasteiger partial charge in [-0.05, 0) is 18.6 Å². The van der Waals surface area contributed by atoms with E-state index in [1.54, 1.807) is 30.3 Å². The molecule has 0 aliphatic carbocycles. The number of rotatable bonds is 15. The summed E-state index contributed by atoms with van der Waals surface area (Å²) in [6.45, 7) is 3.62. The average molecular weight is 477 g/mol. The molecule has 2 aromatic rings. The smallest absolute Gasteiger partial charge is 0.296 e. The minimum Gasteiger partial charge on any atom is -0.327 e. The molecule has 33 heavy (non-hydrogen) atoms.